The molecule has 0 amide bonds. The number of benzene rings is 1. The molecular formula is C17H16ClFN4. The van der Waals surface area contributed by atoms with Gasteiger partial charge in [0.1, 0.15) is 17.5 Å². The van der Waals surface area contributed by atoms with Gasteiger partial charge < -0.3 is 5.32 Å². The number of rotatable bonds is 5. The van der Waals surface area contributed by atoms with Crippen LogP contribution < -0.4 is 5.32 Å². The fraction of sp³-hybridized carbons (Fsp3) is 0.176. The molecule has 23 heavy (non-hydrogen) atoms. The molecule has 1 N–H and O–H groups in total. The summed E-state index contributed by atoms with van der Waals surface area (Å²) in [6.45, 7) is 2.88. The SMILES string of the molecule is Cc1nccn1-c1ccc(CNCc2c(F)cccc2Cl)cn1. The monoisotopic (exact) mass is 330 g/mol. The summed E-state index contributed by atoms with van der Waals surface area (Å²) in [6.07, 6.45) is 5.41. The lowest BCUT2D eigenvalue weighted by Crippen LogP contribution is -2.14. The predicted molar refractivity (Wildman–Crippen MR) is 88.0 cm³/mol. The van der Waals surface area contributed by atoms with Gasteiger partial charge in [-0.15, -0.1) is 0 Å². The molecule has 0 saturated heterocycles. The van der Waals surface area contributed by atoms with E-state index >= 15 is 0 Å². The van der Waals surface area contributed by atoms with E-state index in [1.54, 1.807) is 24.5 Å². The van der Waals surface area contributed by atoms with E-state index in [0.717, 1.165) is 17.2 Å². The number of nitrogens with zero attached hydrogens (tertiary/aromatic N) is 3. The van der Waals surface area contributed by atoms with Crippen LogP contribution in [-0.4, -0.2) is 14.5 Å². The molecule has 0 bridgehead atoms. The van der Waals surface area contributed by atoms with E-state index in [0.29, 0.717) is 23.7 Å². The first kappa shape index (κ1) is 15.6. The lowest BCUT2D eigenvalue weighted by atomic mass is 10.2. The Hall–Kier alpha value is -2.24. The minimum atomic E-state index is -0.297. The van der Waals surface area contributed by atoms with Gasteiger partial charge >= 0.3 is 0 Å². The Bertz CT molecular complexity index is 778. The van der Waals surface area contributed by atoms with Gasteiger partial charge in [0.15, 0.2) is 0 Å². The largest absolute Gasteiger partial charge is 0.308 e. The van der Waals surface area contributed by atoms with Crippen molar-refractivity contribution in [2.24, 2.45) is 0 Å². The maximum absolute atomic E-state index is 13.7. The summed E-state index contributed by atoms with van der Waals surface area (Å²) in [6, 6.07) is 8.61. The van der Waals surface area contributed by atoms with Crippen LogP contribution in [0.5, 0.6) is 0 Å². The molecule has 1 aromatic carbocycles. The zero-order valence-corrected chi connectivity index (χ0v) is 13.4. The summed E-state index contributed by atoms with van der Waals surface area (Å²) >= 11 is 6.00. The summed E-state index contributed by atoms with van der Waals surface area (Å²) in [4.78, 5) is 8.60. The van der Waals surface area contributed by atoms with Crippen molar-refractivity contribution in [2.45, 2.75) is 20.0 Å². The number of hydrogen-bond acceptors (Lipinski definition) is 3. The zero-order chi connectivity index (χ0) is 16.2. The molecular weight excluding hydrogens is 315 g/mol. The minimum Gasteiger partial charge on any atom is -0.308 e. The molecule has 3 aromatic rings. The molecule has 6 heteroatoms. The molecule has 0 spiro atoms. The van der Waals surface area contributed by atoms with E-state index in [2.05, 4.69) is 15.3 Å². The molecule has 0 saturated carbocycles. The van der Waals surface area contributed by atoms with Crippen LogP contribution in [0.4, 0.5) is 4.39 Å². The fourth-order valence-corrected chi connectivity index (χ4v) is 2.55. The summed E-state index contributed by atoms with van der Waals surface area (Å²) < 4.78 is 15.6. The Morgan fingerprint density at radius 1 is 1.17 bits per heavy atom. The van der Waals surface area contributed by atoms with Crippen molar-refractivity contribution in [1.82, 2.24) is 19.9 Å². The molecule has 0 atom stereocenters. The summed E-state index contributed by atoms with van der Waals surface area (Å²) in [7, 11) is 0. The van der Waals surface area contributed by atoms with Gasteiger partial charge in [0.25, 0.3) is 0 Å². The van der Waals surface area contributed by atoms with Crippen LogP contribution in [0.2, 0.25) is 5.02 Å². The van der Waals surface area contributed by atoms with E-state index in [1.807, 2.05) is 29.8 Å². The second kappa shape index (κ2) is 6.89. The van der Waals surface area contributed by atoms with Gasteiger partial charge in [0.05, 0.1) is 0 Å². The van der Waals surface area contributed by atoms with Crippen LogP contribution in [0.15, 0.2) is 48.9 Å². The van der Waals surface area contributed by atoms with Gasteiger partial charge in [-0.1, -0.05) is 23.7 Å². The lowest BCUT2D eigenvalue weighted by Gasteiger charge is -2.09. The van der Waals surface area contributed by atoms with Gasteiger partial charge in [-0.05, 0) is 30.7 Å². The third-order valence-corrected chi connectivity index (χ3v) is 3.93. The van der Waals surface area contributed by atoms with Crippen LogP contribution in [0.1, 0.15) is 17.0 Å². The molecule has 0 aliphatic heterocycles. The maximum Gasteiger partial charge on any atom is 0.137 e. The maximum atomic E-state index is 13.7. The minimum absolute atomic E-state index is 0.297. The number of nitrogens with one attached hydrogen (secondary N) is 1. The molecule has 2 aromatic heterocycles. The lowest BCUT2D eigenvalue weighted by molar-refractivity contribution is 0.588. The average molecular weight is 331 g/mol. The number of hydrogen-bond donors (Lipinski definition) is 1. The predicted octanol–water partition coefficient (Wildman–Crippen LogP) is 3.66. The molecule has 118 valence electrons. The normalized spacial score (nSPS) is 10.9. The van der Waals surface area contributed by atoms with Gasteiger partial charge in [0, 0.05) is 42.3 Å². The van der Waals surface area contributed by atoms with Crippen molar-refractivity contribution in [3.05, 3.63) is 76.7 Å². The van der Waals surface area contributed by atoms with E-state index in [1.165, 1.54) is 6.07 Å². The molecule has 0 aliphatic carbocycles. The van der Waals surface area contributed by atoms with Crippen molar-refractivity contribution in [3.63, 3.8) is 0 Å². The summed E-state index contributed by atoms with van der Waals surface area (Å²) in [5, 5.41) is 3.61. The third kappa shape index (κ3) is 3.57. The van der Waals surface area contributed by atoms with E-state index < -0.39 is 0 Å². The Kier molecular flexibility index (Phi) is 4.69. The highest BCUT2D eigenvalue weighted by Gasteiger charge is 2.06. The van der Waals surface area contributed by atoms with Crippen LogP contribution in [0, 0.1) is 12.7 Å². The smallest absolute Gasteiger partial charge is 0.137 e. The topological polar surface area (TPSA) is 42.7 Å². The number of halogens is 2. The van der Waals surface area contributed by atoms with Crippen molar-refractivity contribution < 1.29 is 4.39 Å². The highest BCUT2D eigenvalue weighted by atomic mass is 35.5. The molecule has 0 fully saturated rings. The zero-order valence-electron chi connectivity index (χ0n) is 12.6. The van der Waals surface area contributed by atoms with E-state index in [-0.39, 0.29) is 5.82 Å². The standard InChI is InChI=1S/C17H16ClFN4/c1-12-21-7-8-23(12)17-6-5-13(10-22-17)9-20-11-14-15(18)3-2-4-16(14)19/h2-8,10,20H,9,11H2,1H3. The van der Waals surface area contributed by atoms with Crippen molar-refractivity contribution >= 4 is 11.6 Å². The first-order valence-electron chi connectivity index (χ1n) is 7.24. The second-order valence-corrected chi connectivity index (χ2v) is 5.58. The molecule has 4 nitrogen and oxygen atoms in total. The van der Waals surface area contributed by atoms with Gasteiger partial charge in [0.2, 0.25) is 0 Å². The molecule has 0 aliphatic rings. The Labute approximate surface area is 139 Å². The highest BCUT2D eigenvalue weighted by Crippen LogP contribution is 2.18. The van der Waals surface area contributed by atoms with Gasteiger partial charge in [-0.2, -0.15) is 0 Å². The Balaban J connectivity index is 1.62. The fourth-order valence-electron chi connectivity index (χ4n) is 2.32. The van der Waals surface area contributed by atoms with Gasteiger partial charge in [-0.25, -0.2) is 14.4 Å². The quantitative estimate of drug-likeness (QED) is 0.776. The van der Waals surface area contributed by atoms with Crippen molar-refractivity contribution in [1.29, 1.82) is 0 Å². The van der Waals surface area contributed by atoms with Crippen LogP contribution >= 0.6 is 11.6 Å². The Morgan fingerprint density at radius 3 is 2.70 bits per heavy atom. The first-order valence-corrected chi connectivity index (χ1v) is 7.62. The third-order valence-electron chi connectivity index (χ3n) is 3.57. The second-order valence-electron chi connectivity index (χ2n) is 5.17. The summed E-state index contributed by atoms with van der Waals surface area (Å²) in [5.74, 6) is 1.41. The van der Waals surface area contributed by atoms with E-state index in [9.17, 15) is 4.39 Å². The number of aryl methyl sites for hydroxylation is 1. The van der Waals surface area contributed by atoms with Crippen molar-refractivity contribution in [2.75, 3.05) is 0 Å². The average Bonchev–Trinajstić information content (AvgIpc) is 2.97. The number of aromatic nitrogens is 3. The van der Waals surface area contributed by atoms with Crippen LogP contribution in [0.3, 0.4) is 0 Å². The van der Waals surface area contributed by atoms with Gasteiger partial charge in [-0.3, -0.25) is 4.57 Å². The molecule has 0 unspecified atom stereocenters. The Morgan fingerprint density at radius 2 is 2.04 bits per heavy atom. The van der Waals surface area contributed by atoms with Crippen LogP contribution in [-0.2, 0) is 13.1 Å². The molecule has 2 heterocycles. The van der Waals surface area contributed by atoms with E-state index in [4.69, 9.17) is 11.6 Å². The highest BCUT2D eigenvalue weighted by molar-refractivity contribution is 6.31. The van der Waals surface area contributed by atoms with Crippen LogP contribution in [0.25, 0.3) is 5.82 Å². The number of imidazole rings is 1. The molecule has 0 radical (unpaired) electrons. The summed E-state index contributed by atoms with van der Waals surface area (Å²) in [5.41, 5.74) is 1.49. The first-order chi connectivity index (χ1) is 11.1. The number of pyridine rings is 1. The molecule has 3 rings (SSSR count). The van der Waals surface area contributed by atoms with Crippen molar-refractivity contribution in [3.8, 4) is 5.82 Å².